The Bertz CT molecular complexity index is 161. The Morgan fingerprint density at radius 1 is 1.58 bits per heavy atom. The highest BCUT2D eigenvalue weighted by Crippen LogP contribution is 2.40. The van der Waals surface area contributed by atoms with E-state index in [4.69, 9.17) is 5.11 Å². The van der Waals surface area contributed by atoms with Crippen LogP contribution in [0.2, 0.25) is 6.82 Å². The molecule has 1 aliphatic heterocycles. The summed E-state index contributed by atoms with van der Waals surface area (Å²) in [6.07, 6.45) is -0.808. The fraction of sp³-hybridized carbons (Fsp3) is 1.00. The van der Waals surface area contributed by atoms with Gasteiger partial charge < -0.3 is 15.3 Å². The van der Waals surface area contributed by atoms with Crippen LogP contribution in [0, 0.1) is 0 Å². The molecule has 0 unspecified atom stereocenters. The lowest BCUT2D eigenvalue weighted by atomic mass is 9.68. The third kappa shape index (κ3) is 1.51. The zero-order valence-electron chi connectivity index (χ0n) is 7.40. The quantitative estimate of drug-likeness (QED) is 0.489. The summed E-state index contributed by atoms with van der Waals surface area (Å²) in [4.78, 5) is 0. The van der Waals surface area contributed by atoms with Crippen LogP contribution >= 0.6 is 11.8 Å². The molecule has 70 valence electrons. The first-order valence-corrected chi connectivity index (χ1v) is 5.15. The topological polar surface area (TPSA) is 60.7 Å². The molecule has 0 saturated carbocycles. The standard InChI is InChI=1S/C7H15BO3S/c1-7(11)5(10)4(3-9)12-6(7)8-2/h4-6,8-11H,3H2,1-2H3/t4-,5-,6-,7-/m1/s1. The average Bonchev–Trinajstić information content (AvgIpc) is 2.25. The molecule has 0 aromatic heterocycles. The molecule has 1 heterocycles. The molecule has 1 fully saturated rings. The molecular formula is C7H15BO3S. The molecular weight excluding hydrogens is 175 g/mol. The largest absolute Gasteiger partial charge is 0.395 e. The van der Waals surface area contributed by atoms with E-state index in [0.29, 0.717) is 0 Å². The molecule has 12 heavy (non-hydrogen) atoms. The summed E-state index contributed by atoms with van der Waals surface area (Å²) in [6, 6.07) is 0. The van der Waals surface area contributed by atoms with Gasteiger partial charge in [0, 0.05) is 5.15 Å². The van der Waals surface area contributed by atoms with Crippen LogP contribution in [-0.4, -0.2) is 51.3 Å². The van der Waals surface area contributed by atoms with Gasteiger partial charge in [-0.05, 0) is 6.92 Å². The van der Waals surface area contributed by atoms with Gasteiger partial charge in [-0.3, -0.25) is 0 Å². The van der Waals surface area contributed by atoms with Crippen molar-refractivity contribution < 1.29 is 15.3 Å². The third-order valence-electron chi connectivity index (χ3n) is 2.49. The fourth-order valence-electron chi connectivity index (χ4n) is 1.64. The van der Waals surface area contributed by atoms with Crippen molar-refractivity contribution in [3.8, 4) is 0 Å². The average molecular weight is 190 g/mol. The van der Waals surface area contributed by atoms with Crippen molar-refractivity contribution in [3.63, 3.8) is 0 Å². The van der Waals surface area contributed by atoms with Crippen molar-refractivity contribution in [1.29, 1.82) is 0 Å². The van der Waals surface area contributed by atoms with Crippen LogP contribution in [0.4, 0.5) is 0 Å². The number of thioether (sulfide) groups is 1. The van der Waals surface area contributed by atoms with Gasteiger partial charge in [0.05, 0.1) is 23.6 Å². The molecule has 1 saturated heterocycles. The highest BCUT2D eigenvalue weighted by molar-refractivity contribution is 8.02. The predicted octanol–water partition coefficient (Wildman–Crippen LogP) is -0.983. The first-order chi connectivity index (χ1) is 5.54. The maximum atomic E-state index is 9.84. The Balaban J connectivity index is 2.73. The molecule has 0 radical (unpaired) electrons. The molecule has 3 nitrogen and oxygen atoms in total. The number of rotatable bonds is 2. The van der Waals surface area contributed by atoms with Crippen LogP contribution in [0.1, 0.15) is 6.92 Å². The number of aliphatic hydroxyl groups is 3. The molecule has 3 N–H and O–H groups in total. The molecule has 1 aliphatic rings. The normalized spacial score (nSPS) is 47.9. The van der Waals surface area contributed by atoms with Crippen LogP contribution in [0.15, 0.2) is 0 Å². The summed E-state index contributed by atoms with van der Waals surface area (Å²) in [6.45, 7) is 3.53. The molecule has 0 aliphatic carbocycles. The molecule has 4 atom stereocenters. The highest BCUT2D eigenvalue weighted by Gasteiger charge is 2.49. The minimum atomic E-state index is -1.05. The highest BCUT2D eigenvalue weighted by atomic mass is 32.2. The monoisotopic (exact) mass is 190 g/mol. The van der Waals surface area contributed by atoms with Gasteiger partial charge in [0.2, 0.25) is 0 Å². The van der Waals surface area contributed by atoms with E-state index in [9.17, 15) is 10.2 Å². The van der Waals surface area contributed by atoms with Crippen molar-refractivity contribution in [2.24, 2.45) is 0 Å². The Kier molecular flexibility index (Phi) is 3.09. The number of aliphatic hydroxyl groups excluding tert-OH is 2. The van der Waals surface area contributed by atoms with Gasteiger partial charge >= 0.3 is 0 Å². The second-order valence-corrected chi connectivity index (χ2v) is 4.87. The maximum Gasteiger partial charge on any atom is 0.137 e. The van der Waals surface area contributed by atoms with Gasteiger partial charge in [-0.2, -0.15) is 11.8 Å². The predicted molar refractivity (Wildman–Crippen MR) is 51.9 cm³/mol. The summed E-state index contributed by atoms with van der Waals surface area (Å²) in [7, 11) is 0.811. The Morgan fingerprint density at radius 3 is 2.42 bits per heavy atom. The third-order valence-corrected chi connectivity index (χ3v) is 4.39. The molecule has 0 spiro atoms. The first kappa shape index (κ1) is 10.4. The molecule has 5 heteroatoms. The van der Waals surface area contributed by atoms with Crippen LogP contribution in [0.5, 0.6) is 0 Å². The van der Waals surface area contributed by atoms with Gasteiger partial charge in [-0.15, -0.1) is 0 Å². The zero-order chi connectivity index (χ0) is 9.35. The van der Waals surface area contributed by atoms with Crippen molar-refractivity contribution >= 4 is 19.0 Å². The summed E-state index contributed by atoms with van der Waals surface area (Å²) < 4.78 is 0. The van der Waals surface area contributed by atoms with Crippen molar-refractivity contribution in [1.82, 2.24) is 0 Å². The van der Waals surface area contributed by atoms with E-state index in [2.05, 4.69) is 0 Å². The lowest BCUT2D eigenvalue weighted by Crippen LogP contribution is -2.47. The minimum Gasteiger partial charge on any atom is -0.395 e. The van der Waals surface area contributed by atoms with Gasteiger partial charge in [0.1, 0.15) is 7.28 Å². The maximum absolute atomic E-state index is 9.84. The molecule has 0 aromatic rings. The molecule has 1 rings (SSSR count). The molecule has 0 bridgehead atoms. The van der Waals surface area contributed by atoms with Gasteiger partial charge in [-0.1, -0.05) is 6.82 Å². The Hall–Kier alpha value is 0.295. The summed E-state index contributed by atoms with van der Waals surface area (Å²) in [5, 5.41) is 28.1. The van der Waals surface area contributed by atoms with Crippen LogP contribution in [0.25, 0.3) is 0 Å². The van der Waals surface area contributed by atoms with E-state index < -0.39 is 11.7 Å². The van der Waals surface area contributed by atoms with E-state index in [1.807, 2.05) is 6.82 Å². The van der Waals surface area contributed by atoms with Gasteiger partial charge in [0.25, 0.3) is 0 Å². The SMILES string of the molecule is CB[C@@H]1S[C@H](CO)[C@@H](O)[C@@]1(C)O. The second kappa shape index (κ2) is 3.58. The van der Waals surface area contributed by atoms with E-state index >= 15 is 0 Å². The fourth-order valence-corrected chi connectivity index (χ4v) is 3.18. The summed E-state index contributed by atoms with van der Waals surface area (Å²) in [5.41, 5.74) is -1.05. The first-order valence-electron chi connectivity index (χ1n) is 4.20. The van der Waals surface area contributed by atoms with Crippen molar-refractivity contribution in [3.05, 3.63) is 0 Å². The second-order valence-electron chi connectivity index (χ2n) is 3.42. The summed E-state index contributed by atoms with van der Waals surface area (Å²) >= 11 is 1.48. The van der Waals surface area contributed by atoms with Crippen LogP contribution < -0.4 is 0 Å². The molecule has 0 aromatic carbocycles. The van der Waals surface area contributed by atoms with E-state index in [1.165, 1.54) is 11.8 Å². The zero-order valence-corrected chi connectivity index (χ0v) is 8.21. The summed E-state index contributed by atoms with van der Waals surface area (Å²) in [5.74, 6) is 0. The van der Waals surface area contributed by atoms with E-state index in [1.54, 1.807) is 6.92 Å². The van der Waals surface area contributed by atoms with Gasteiger partial charge in [0.15, 0.2) is 0 Å². The molecule has 0 amide bonds. The van der Waals surface area contributed by atoms with E-state index in [0.717, 1.165) is 7.28 Å². The van der Waals surface area contributed by atoms with Crippen LogP contribution in [-0.2, 0) is 0 Å². The number of hydrogen-bond acceptors (Lipinski definition) is 4. The smallest absolute Gasteiger partial charge is 0.137 e. The van der Waals surface area contributed by atoms with Gasteiger partial charge in [-0.25, -0.2) is 0 Å². The lowest BCUT2D eigenvalue weighted by Gasteiger charge is -2.26. The Morgan fingerprint density at radius 2 is 2.17 bits per heavy atom. The van der Waals surface area contributed by atoms with Crippen molar-refractivity contribution in [2.75, 3.05) is 6.61 Å². The van der Waals surface area contributed by atoms with Crippen molar-refractivity contribution in [2.45, 2.75) is 35.9 Å². The lowest BCUT2D eigenvalue weighted by molar-refractivity contribution is -0.0469. The minimum absolute atomic E-state index is 0.0321. The Labute approximate surface area is 77.4 Å². The van der Waals surface area contributed by atoms with Crippen LogP contribution in [0.3, 0.4) is 0 Å². The number of hydrogen-bond donors (Lipinski definition) is 3. The van der Waals surface area contributed by atoms with E-state index in [-0.39, 0.29) is 17.0 Å².